The van der Waals surface area contributed by atoms with E-state index >= 15 is 0 Å². The van der Waals surface area contributed by atoms with Gasteiger partial charge in [-0.25, -0.2) is 13.1 Å². The number of nitrogens with one attached hydrogen (secondary N) is 1. The molecule has 0 aliphatic carbocycles. The summed E-state index contributed by atoms with van der Waals surface area (Å²) in [5.74, 6) is 0. The van der Waals surface area contributed by atoms with E-state index in [0.29, 0.717) is 5.56 Å². The van der Waals surface area contributed by atoms with E-state index in [9.17, 15) is 8.42 Å². The van der Waals surface area contributed by atoms with Crippen molar-refractivity contribution in [2.45, 2.75) is 18.4 Å². The van der Waals surface area contributed by atoms with E-state index in [1.165, 1.54) is 0 Å². The highest BCUT2D eigenvalue weighted by atomic mass is 79.9. The summed E-state index contributed by atoms with van der Waals surface area (Å²) in [6, 6.07) is 6.95. The Labute approximate surface area is 120 Å². The fourth-order valence-electron chi connectivity index (χ4n) is 1.68. The second-order valence-corrected chi connectivity index (χ2v) is 6.83. The molecule has 1 aromatic carbocycles. The molecule has 0 spiro atoms. The van der Waals surface area contributed by atoms with Crippen LogP contribution in [0.1, 0.15) is 11.3 Å². The number of rotatable bonds is 4. The lowest BCUT2D eigenvalue weighted by Gasteiger charge is -2.10. The molecule has 0 aliphatic rings. The van der Waals surface area contributed by atoms with Crippen molar-refractivity contribution in [3.63, 3.8) is 0 Å². The topological polar surface area (TPSA) is 64.0 Å². The fourth-order valence-corrected chi connectivity index (χ4v) is 3.46. The maximum absolute atomic E-state index is 12.3. The fraction of sp³-hybridized carbons (Fsp3) is 0.250. The van der Waals surface area contributed by atoms with Gasteiger partial charge in [-0.15, -0.1) is 0 Å². The van der Waals surface area contributed by atoms with E-state index in [2.05, 4.69) is 25.8 Å². The lowest BCUT2D eigenvalue weighted by Crippen LogP contribution is -2.25. The monoisotopic (exact) mass is 343 g/mol. The third kappa shape index (κ3) is 3.23. The highest BCUT2D eigenvalue weighted by molar-refractivity contribution is 9.10. The summed E-state index contributed by atoms with van der Waals surface area (Å²) in [4.78, 5) is 0.282. The van der Waals surface area contributed by atoms with Crippen molar-refractivity contribution in [2.24, 2.45) is 7.05 Å². The van der Waals surface area contributed by atoms with Gasteiger partial charge in [0.15, 0.2) is 0 Å². The Morgan fingerprint density at radius 1 is 1.37 bits per heavy atom. The van der Waals surface area contributed by atoms with Gasteiger partial charge in [0.05, 0.1) is 17.1 Å². The van der Waals surface area contributed by atoms with Crippen LogP contribution in [0.2, 0.25) is 0 Å². The largest absolute Gasteiger partial charge is 0.271 e. The van der Waals surface area contributed by atoms with Crippen molar-refractivity contribution in [1.82, 2.24) is 14.5 Å². The van der Waals surface area contributed by atoms with Crippen LogP contribution >= 0.6 is 15.9 Å². The molecule has 0 amide bonds. The van der Waals surface area contributed by atoms with Crippen LogP contribution in [0.3, 0.4) is 0 Å². The predicted octanol–water partition coefficient (Wildman–Crippen LogP) is 1.97. The van der Waals surface area contributed by atoms with Crippen LogP contribution in [0.5, 0.6) is 0 Å². The molecule has 5 nitrogen and oxygen atoms in total. The lowest BCUT2D eigenvalue weighted by molar-refractivity contribution is 0.576. The third-order valence-corrected chi connectivity index (χ3v) is 4.84. The van der Waals surface area contributed by atoms with Gasteiger partial charge in [-0.05, 0) is 30.7 Å². The minimum atomic E-state index is -3.53. The third-order valence-electron chi connectivity index (χ3n) is 2.81. The van der Waals surface area contributed by atoms with Crippen LogP contribution in [0.15, 0.2) is 39.8 Å². The van der Waals surface area contributed by atoms with Crippen LogP contribution in [0.4, 0.5) is 0 Å². The van der Waals surface area contributed by atoms with Crippen molar-refractivity contribution >= 4 is 26.0 Å². The van der Waals surface area contributed by atoms with Crippen molar-refractivity contribution in [3.8, 4) is 0 Å². The molecular formula is C12H14BrN3O2S. The Morgan fingerprint density at radius 3 is 2.74 bits per heavy atom. The molecule has 0 saturated carbocycles. The highest BCUT2D eigenvalue weighted by Gasteiger charge is 2.17. The molecule has 2 aromatic rings. The van der Waals surface area contributed by atoms with Gasteiger partial charge in [-0.3, -0.25) is 4.68 Å². The summed E-state index contributed by atoms with van der Waals surface area (Å²) in [5, 5.41) is 4.00. The lowest BCUT2D eigenvalue weighted by atomic mass is 10.2. The van der Waals surface area contributed by atoms with Crippen molar-refractivity contribution < 1.29 is 8.42 Å². The second kappa shape index (κ2) is 5.44. The predicted molar refractivity (Wildman–Crippen MR) is 76.1 cm³/mol. The molecule has 0 aliphatic heterocycles. The van der Waals surface area contributed by atoms with Crippen LogP contribution in [0.25, 0.3) is 0 Å². The Morgan fingerprint density at radius 2 is 2.11 bits per heavy atom. The van der Waals surface area contributed by atoms with Crippen LogP contribution in [0, 0.1) is 6.92 Å². The molecule has 2 rings (SSSR count). The van der Waals surface area contributed by atoms with Gasteiger partial charge in [0, 0.05) is 17.7 Å². The van der Waals surface area contributed by atoms with Gasteiger partial charge >= 0.3 is 0 Å². The smallest absolute Gasteiger partial charge is 0.241 e. The molecule has 19 heavy (non-hydrogen) atoms. The first-order chi connectivity index (χ1) is 8.90. The van der Waals surface area contributed by atoms with Crippen LogP contribution in [-0.4, -0.2) is 18.2 Å². The normalized spacial score (nSPS) is 11.7. The summed E-state index contributed by atoms with van der Waals surface area (Å²) in [7, 11) is -1.76. The number of benzene rings is 1. The quantitative estimate of drug-likeness (QED) is 0.922. The molecular weight excluding hydrogens is 330 g/mol. The van der Waals surface area contributed by atoms with Gasteiger partial charge in [-0.1, -0.05) is 22.0 Å². The number of aryl methyl sites for hydroxylation is 2. The van der Waals surface area contributed by atoms with E-state index < -0.39 is 10.0 Å². The Bertz CT molecular complexity index is 695. The van der Waals surface area contributed by atoms with E-state index in [-0.39, 0.29) is 11.4 Å². The summed E-state index contributed by atoms with van der Waals surface area (Å²) < 4.78 is 29.4. The van der Waals surface area contributed by atoms with E-state index in [4.69, 9.17) is 0 Å². The highest BCUT2D eigenvalue weighted by Crippen LogP contribution is 2.20. The van der Waals surface area contributed by atoms with Gasteiger partial charge in [0.25, 0.3) is 0 Å². The summed E-state index contributed by atoms with van der Waals surface area (Å²) in [6.07, 6.45) is 1.63. The zero-order chi connectivity index (χ0) is 14.0. The second-order valence-electron chi connectivity index (χ2n) is 4.18. The molecule has 1 heterocycles. The Kier molecular flexibility index (Phi) is 4.07. The van der Waals surface area contributed by atoms with Gasteiger partial charge in [-0.2, -0.15) is 5.10 Å². The summed E-state index contributed by atoms with van der Waals surface area (Å²) in [5.41, 5.74) is 1.51. The molecule has 0 bridgehead atoms. The summed E-state index contributed by atoms with van der Waals surface area (Å²) >= 11 is 3.28. The van der Waals surface area contributed by atoms with Gasteiger partial charge < -0.3 is 0 Å². The SMILES string of the molecule is Cc1ccc(Br)cc1S(=O)(=O)NCc1ccnn1C. The summed E-state index contributed by atoms with van der Waals surface area (Å²) in [6.45, 7) is 1.98. The first kappa shape index (κ1) is 14.2. The number of sulfonamides is 1. The molecule has 0 atom stereocenters. The minimum Gasteiger partial charge on any atom is -0.271 e. The molecule has 0 radical (unpaired) electrons. The van der Waals surface area contributed by atoms with Crippen molar-refractivity contribution in [2.75, 3.05) is 0 Å². The molecule has 7 heteroatoms. The van der Waals surface area contributed by atoms with Gasteiger partial charge in [0.2, 0.25) is 10.0 Å². The van der Waals surface area contributed by atoms with Crippen LogP contribution in [-0.2, 0) is 23.6 Å². The molecule has 0 unspecified atom stereocenters. The molecule has 102 valence electrons. The zero-order valence-electron chi connectivity index (χ0n) is 10.6. The minimum absolute atomic E-state index is 0.213. The number of hydrogen-bond acceptors (Lipinski definition) is 3. The zero-order valence-corrected chi connectivity index (χ0v) is 13.0. The number of nitrogens with zero attached hydrogens (tertiary/aromatic N) is 2. The average Bonchev–Trinajstić information content (AvgIpc) is 2.75. The first-order valence-electron chi connectivity index (χ1n) is 5.63. The van der Waals surface area contributed by atoms with Gasteiger partial charge in [0.1, 0.15) is 0 Å². The standard InChI is InChI=1S/C12H14BrN3O2S/c1-9-3-4-10(13)7-12(9)19(17,18)15-8-11-5-6-14-16(11)2/h3-7,15H,8H2,1-2H3. The van der Waals surface area contributed by atoms with Crippen LogP contribution < -0.4 is 4.72 Å². The van der Waals surface area contributed by atoms with Crippen molar-refractivity contribution in [1.29, 1.82) is 0 Å². The molecule has 1 aromatic heterocycles. The molecule has 1 N–H and O–H groups in total. The maximum atomic E-state index is 12.3. The number of hydrogen-bond donors (Lipinski definition) is 1. The molecule has 0 fully saturated rings. The first-order valence-corrected chi connectivity index (χ1v) is 7.90. The maximum Gasteiger partial charge on any atom is 0.241 e. The number of aromatic nitrogens is 2. The molecule has 0 saturated heterocycles. The Balaban J connectivity index is 2.23. The van der Waals surface area contributed by atoms with E-state index in [0.717, 1.165) is 10.2 Å². The van der Waals surface area contributed by atoms with Crippen molar-refractivity contribution in [3.05, 3.63) is 46.2 Å². The Hall–Kier alpha value is -1.18. The van der Waals surface area contributed by atoms with E-state index in [1.54, 1.807) is 43.0 Å². The van der Waals surface area contributed by atoms with E-state index in [1.807, 2.05) is 6.07 Å². The average molecular weight is 344 g/mol. The number of halogens is 1.